The number of amides is 1. The third-order valence-electron chi connectivity index (χ3n) is 5.14. The van der Waals surface area contributed by atoms with Crippen molar-refractivity contribution in [1.82, 2.24) is 19.9 Å². The van der Waals surface area contributed by atoms with Crippen molar-refractivity contribution < 1.29 is 4.79 Å². The van der Waals surface area contributed by atoms with Crippen molar-refractivity contribution in [1.29, 1.82) is 0 Å². The molecule has 2 aromatic rings. The molecular weight excluding hydrogens is 306 g/mol. The molecule has 1 aliphatic carbocycles. The van der Waals surface area contributed by atoms with Crippen molar-refractivity contribution in [3.05, 3.63) is 46.8 Å². The second-order valence-corrected chi connectivity index (χ2v) is 6.58. The van der Waals surface area contributed by atoms with Gasteiger partial charge in [0.25, 0.3) is 11.5 Å². The summed E-state index contributed by atoms with van der Waals surface area (Å²) in [5.74, 6) is 0.632. The molecule has 1 unspecified atom stereocenters. The lowest BCUT2D eigenvalue weighted by Gasteiger charge is -2.33. The number of anilines is 2. The van der Waals surface area contributed by atoms with Crippen LogP contribution in [0.15, 0.2) is 35.5 Å². The van der Waals surface area contributed by atoms with E-state index in [0.29, 0.717) is 17.2 Å². The Labute approximate surface area is 139 Å². The van der Waals surface area contributed by atoms with E-state index in [-0.39, 0.29) is 17.4 Å². The first kappa shape index (κ1) is 14.9. The van der Waals surface area contributed by atoms with E-state index in [2.05, 4.69) is 20.6 Å². The number of pyridine rings is 1. The summed E-state index contributed by atoms with van der Waals surface area (Å²) in [7, 11) is 0. The van der Waals surface area contributed by atoms with E-state index in [1.807, 2.05) is 6.92 Å². The highest BCUT2D eigenvalue weighted by molar-refractivity contribution is 5.95. The van der Waals surface area contributed by atoms with Crippen LogP contribution in [0.3, 0.4) is 0 Å². The molecule has 0 spiro atoms. The predicted octanol–water partition coefficient (Wildman–Crippen LogP) is 1.99. The fourth-order valence-electron chi connectivity index (χ4n) is 3.90. The maximum Gasteiger partial charge on any atom is 0.276 e. The van der Waals surface area contributed by atoms with Crippen LogP contribution in [0, 0.1) is 5.92 Å². The molecule has 1 aliphatic heterocycles. The average Bonchev–Trinajstić information content (AvgIpc) is 3.19. The van der Waals surface area contributed by atoms with Gasteiger partial charge in [-0.3, -0.25) is 14.2 Å². The third-order valence-corrected chi connectivity index (χ3v) is 5.14. The molecular formula is C17H19N5O2. The first-order valence-corrected chi connectivity index (χ1v) is 8.22. The Hall–Kier alpha value is -2.70. The monoisotopic (exact) mass is 325 g/mol. The number of nitrogens with zero attached hydrogens (tertiary/aromatic N) is 3. The second kappa shape index (κ2) is 5.43. The number of carbonyl (C=O) groups is 1. The molecule has 124 valence electrons. The van der Waals surface area contributed by atoms with E-state index in [4.69, 9.17) is 0 Å². The van der Waals surface area contributed by atoms with Gasteiger partial charge in [0.15, 0.2) is 0 Å². The zero-order valence-electron chi connectivity index (χ0n) is 13.5. The van der Waals surface area contributed by atoms with E-state index in [9.17, 15) is 9.59 Å². The third kappa shape index (κ3) is 2.19. The Morgan fingerprint density at radius 1 is 1.25 bits per heavy atom. The van der Waals surface area contributed by atoms with Gasteiger partial charge < -0.3 is 10.6 Å². The van der Waals surface area contributed by atoms with Crippen molar-refractivity contribution >= 4 is 17.4 Å². The molecule has 2 N–H and O–H groups in total. The van der Waals surface area contributed by atoms with Gasteiger partial charge in [0.05, 0.1) is 0 Å². The van der Waals surface area contributed by atoms with Gasteiger partial charge in [-0.15, -0.1) is 0 Å². The van der Waals surface area contributed by atoms with Crippen LogP contribution in [0.2, 0.25) is 0 Å². The highest BCUT2D eigenvalue weighted by Crippen LogP contribution is 2.39. The first-order chi connectivity index (χ1) is 11.6. The van der Waals surface area contributed by atoms with Crippen molar-refractivity contribution in [3.8, 4) is 0 Å². The van der Waals surface area contributed by atoms with E-state index in [1.54, 1.807) is 29.0 Å². The maximum atomic E-state index is 13.0. The molecule has 7 nitrogen and oxygen atoms in total. The molecule has 2 aromatic heterocycles. The van der Waals surface area contributed by atoms with E-state index < -0.39 is 5.66 Å². The van der Waals surface area contributed by atoms with Crippen LogP contribution in [0.25, 0.3) is 0 Å². The lowest BCUT2D eigenvalue weighted by atomic mass is 9.92. The summed E-state index contributed by atoms with van der Waals surface area (Å²) in [6.07, 6.45) is 7.34. The smallest absolute Gasteiger partial charge is 0.276 e. The summed E-state index contributed by atoms with van der Waals surface area (Å²) in [6.45, 7) is 1.95. The van der Waals surface area contributed by atoms with Gasteiger partial charge in [-0.05, 0) is 38.0 Å². The van der Waals surface area contributed by atoms with Gasteiger partial charge in [-0.2, -0.15) is 0 Å². The number of aromatic nitrogens is 3. The topological polar surface area (TPSA) is 88.9 Å². The number of carbonyl (C=O) groups excluding carboxylic acids is 1. The normalized spacial score (nSPS) is 23.1. The molecule has 4 rings (SSSR count). The van der Waals surface area contributed by atoms with Crippen LogP contribution < -0.4 is 16.2 Å². The summed E-state index contributed by atoms with van der Waals surface area (Å²) in [4.78, 5) is 33.3. The van der Waals surface area contributed by atoms with Gasteiger partial charge in [0, 0.05) is 12.1 Å². The zero-order chi connectivity index (χ0) is 16.7. The number of hydrogen-bond donors (Lipinski definition) is 2. The fourth-order valence-corrected chi connectivity index (χ4v) is 3.90. The molecule has 7 heteroatoms. The minimum atomic E-state index is -0.663. The molecule has 0 aromatic carbocycles. The van der Waals surface area contributed by atoms with E-state index >= 15 is 0 Å². The Kier molecular flexibility index (Phi) is 3.37. The molecule has 24 heavy (non-hydrogen) atoms. The first-order valence-electron chi connectivity index (χ1n) is 8.22. The lowest BCUT2D eigenvalue weighted by Crippen LogP contribution is -2.50. The van der Waals surface area contributed by atoms with Crippen LogP contribution in [0.1, 0.15) is 43.1 Å². The van der Waals surface area contributed by atoms with Crippen LogP contribution in [-0.2, 0) is 5.66 Å². The Bertz CT molecular complexity index is 842. The summed E-state index contributed by atoms with van der Waals surface area (Å²) in [5, 5.41) is 6.06. The molecule has 1 amide bonds. The van der Waals surface area contributed by atoms with Crippen molar-refractivity contribution in [2.24, 2.45) is 5.92 Å². The predicted molar refractivity (Wildman–Crippen MR) is 89.1 cm³/mol. The van der Waals surface area contributed by atoms with Crippen LogP contribution >= 0.6 is 0 Å². The standard InChI is InChI=1S/C17H19N5O2/c1-17(11-4-2-3-5-11)21-15(23)13-7-6-12(16(24)22(13)17)20-14-8-9-18-10-19-14/h6-11H,2-5H2,1H3,(H,21,23)(H,18,19,20). The molecule has 1 saturated carbocycles. The average molecular weight is 325 g/mol. The van der Waals surface area contributed by atoms with Crippen LogP contribution in [0.4, 0.5) is 11.5 Å². The summed E-state index contributed by atoms with van der Waals surface area (Å²) >= 11 is 0. The van der Waals surface area contributed by atoms with Gasteiger partial charge in [-0.25, -0.2) is 9.97 Å². The van der Waals surface area contributed by atoms with E-state index in [1.165, 1.54) is 6.33 Å². The SMILES string of the molecule is CC1(C2CCCC2)NC(=O)c2ccc(Nc3ccncn3)c(=O)n21. The van der Waals surface area contributed by atoms with Crippen LogP contribution in [0.5, 0.6) is 0 Å². The number of fused-ring (bicyclic) bond motifs is 1. The largest absolute Gasteiger partial charge is 0.336 e. The van der Waals surface area contributed by atoms with Crippen molar-refractivity contribution in [2.45, 2.75) is 38.3 Å². The number of rotatable bonds is 3. The number of hydrogen-bond acceptors (Lipinski definition) is 5. The van der Waals surface area contributed by atoms with Gasteiger partial charge in [0.1, 0.15) is 29.2 Å². The summed E-state index contributed by atoms with van der Waals surface area (Å²) < 4.78 is 1.62. The molecule has 1 fully saturated rings. The highest BCUT2D eigenvalue weighted by atomic mass is 16.2. The molecule has 0 saturated heterocycles. The van der Waals surface area contributed by atoms with E-state index in [0.717, 1.165) is 25.7 Å². The fraction of sp³-hybridized carbons (Fsp3) is 0.412. The minimum absolute atomic E-state index is 0.185. The quantitative estimate of drug-likeness (QED) is 0.901. The van der Waals surface area contributed by atoms with Crippen molar-refractivity contribution in [2.75, 3.05) is 5.32 Å². The lowest BCUT2D eigenvalue weighted by molar-refractivity contribution is 0.0874. The molecule has 2 aliphatic rings. The van der Waals surface area contributed by atoms with Gasteiger partial charge >= 0.3 is 0 Å². The Morgan fingerprint density at radius 3 is 2.75 bits per heavy atom. The highest BCUT2D eigenvalue weighted by Gasteiger charge is 2.46. The molecule has 0 bridgehead atoms. The summed E-state index contributed by atoms with van der Waals surface area (Å²) in [6, 6.07) is 5.02. The van der Waals surface area contributed by atoms with Crippen LogP contribution in [-0.4, -0.2) is 20.4 Å². The van der Waals surface area contributed by atoms with Crippen molar-refractivity contribution in [3.63, 3.8) is 0 Å². The van der Waals surface area contributed by atoms with Gasteiger partial charge in [0.2, 0.25) is 0 Å². The Morgan fingerprint density at radius 2 is 2.04 bits per heavy atom. The molecule has 3 heterocycles. The zero-order valence-corrected chi connectivity index (χ0v) is 13.5. The maximum absolute atomic E-state index is 13.0. The molecule has 1 atom stereocenters. The second-order valence-electron chi connectivity index (χ2n) is 6.58. The van der Waals surface area contributed by atoms with Gasteiger partial charge in [-0.1, -0.05) is 12.8 Å². The Balaban J connectivity index is 1.79. The summed E-state index contributed by atoms with van der Waals surface area (Å²) in [5.41, 5.74) is -0.0525. The minimum Gasteiger partial charge on any atom is -0.336 e. The molecule has 0 radical (unpaired) electrons. The number of nitrogens with one attached hydrogen (secondary N) is 2.